The van der Waals surface area contributed by atoms with Gasteiger partial charge < -0.3 is 16.0 Å². The summed E-state index contributed by atoms with van der Waals surface area (Å²) in [5, 5.41) is 9.13. The summed E-state index contributed by atoms with van der Waals surface area (Å²) in [6.45, 7) is 10.1. The molecule has 2 unspecified atom stereocenters. The van der Waals surface area contributed by atoms with E-state index >= 15 is 0 Å². The molecule has 0 aliphatic heterocycles. The predicted octanol–water partition coefficient (Wildman–Crippen LogP) is 3.52. The molecule has 0 spiro atoms. The molecule has 1 rings (SSSR count). The highest BCUT2D eigenvalue weighted by atomic mass is 16.2. The molecule has 2 amide bonds. The summed E-state index contributed by atoms with van der Waals surface area (Å²) in [4.78, 5) is 11.8. The maximum absolute atomic E-state index is 11.8. The molecule has 2 atom stereocenters. The average molecular weight is 277 g/mol. The molecule has 0 saturated carbocycles. The van der Waals surface area contributed by atoms with Gasteiger partial charge in [0, 0.05) is 18.3 Å². The van der Waals surface area contributed by atoms with Crippen LogP contribution in [-0.2, 0) is 0 Å². The van der Waals surface area contributed by atoms with E-state index in [-0.39, 0.29) is 12.1 Å². The lowest BCUT2D eigenvalue weighted by atomic mass is 10.1. The number of carbonyl (C=O) groups excluding carboxylic acids is 1. The molecule has 4 heteroatoms. The maximum atomic E-state index is 11.8. The topological polar surface area (TPSA) is 53.2 Å². The third-order valence-electron chi connectivity index (χ3n) is 3.46. The molecule has 0 aromatic heterocycles. The van der Waals surface area contributed by atoms with Crippen LogP contribution in [0.15, 0.2) is 24.3 Å². The number of urea groups is 1. The van der Waals surface area contributed by atoms with E-state index in [0.717, 1.165) is 18.7 Å². The van der Waals surface area contributed by atoms with Crippen LogP contribution in [0.2, 0.25) is 0 Å². The van der Waals surface area contributed by atoms with E-state index in [1.807, 2.05) is 18.2 Å². The third-order valence-corrected chi connectivity index (χ3v) is 3.46. The molecule has 0 heterocycles. The van der Waals surface area contributed by atoms with Gasteiger partial charge in [-0.3, -0.25) is 0 Å². The van der Waals surface area contributed by atoms with Gasteiger partial charge in [0.05, 0.1) is 0 Å². The zero-order chi connectivity index (χ0) is 15.0. The Morgan fingerprint density at radius 3 is 2.65 bits per heavy atom. The largest absolute Gasteiger partial charge is 0.338 e. The number of rotatable bonds is 7. The summed E-state index contributed by atoms with van der Waals surface area (Å²) < 4.78 is 0. The molecule has 0 aliphatic rings. The lowest BCUT2D eigenvalue weighted by Gasteiger charge is -2.15. The van der Waals surface area contributed by atoms with Gasteiger partial charge in [0.25, 0.3) is 0 Å². The van der Waals surface area contributed by atoms with Crippen LogP contribution in [0, 0.1) is 5.92 Å². The van der Waals surface area contributed by atoms with Crippen molar-refractivity contribution >= 4 is 11.7 Å². The Morgan fingerprint density at radius 2 is 2.00 bits per heavy atom. The van der Waals surface area contributed by atoms with Crippen LogP contribution in [-0.4, -0.2) is 19.1 Å². The number of hydrogen-bond acceptors (Lipinski definition) is 2. The summed E-state index contributed by atoms with van der Waals surface area (Å²) in [7, 11) is 0. The summed E-state index contributed by atoms with van der Waals surface area (Å²) in [5.41, 5.74) is 2.00. The van der Waals surface area contributed by atoms with Gasteiger partial charge in [0.15, 0.2) is 0 Å². The van der Waals surface area contributed by atoms with E-state index < -0.39 is 0 Å². The van der Waals surface area contributed by atoms with Crippen LogP contribution in [0.3, 0.4) is 0 Å². The van der Waals surface area contributed by atoms with Crippen LogP contribution in [0.4, 0.5) is 10.5 Å². The molecule has 0 radical (unpaired) electrons. The van der Waals surface area contributed by atoms with E-state index in [4.69, 9.17) is 0 Å². The quantitative estimate of drug-likeness (QED) is 0.714. The Labute approximate surface area is 122 Å². The smallest absolute Gasteiger partial charge is 0.319 e. The lowest BCUT2D eigenvalue weighted by molar-refractivity contribution is 0.250. The second-order valence-electron chi connectivity index (χ2n) is 5.25. The molecular formula is C16H27N3O. The minimum atomic E-state index is -0.140. The highest BCUT2D eigenvalue weighted by molar-refractivity contribution is 5.89. The second-order valence-corrected chi connectivity index (χ2v) is 5.25. The third kappa shape index (κ3) is 5.61. The fraction of sp³-hybridized carbons (Fsp3) is 0.562. The second kappa shape index (κ2) is 8.59. The minimum Gasteiger partial charge on any atom is -0.338 e. The van der Waals surface area contributed by atoms with Gasteiger partial charge in [-0.2, -0.15) is 0 Å². The van der Waals surface area contributed by atoms with Gasteiger partial charge in [0.1, 0.15) is 0 Å². The van der Waals surface area contributed by atoms with Crippen molar-refractivity contribution in [3.8, 4) is 0 Å². The number of carbonyl (C=O) groups is 1. The van der Waals surface area contributed by atoms with Crippen molar-refractivity contribution in [3.63, 3.8) is 0 Å². The van der Waals surface area contributed by atoms with Gasteiger partial charge in [-0.15, -0.1) is 0 Å². The van der Waals surface area contributed by atoms with E-state index in [0.29, 0.717) is 12.5 Å². The number of benzene rings is 1. The number of anilines is 1. The standard InChI is InChI=1S/C16H27N3O/c1-5-12(3)11-18-16(20)19-15-9-7-8-14(10-15)13(4)17-6-2/h7-10,12-13,17H,5-6,11H2,1-4H3,(H2,18,19,20). The maximum Gasteiger partial charge on any atom is 0.319 e. The fourth-order valence-corrected chi connectivity index (χ4v) is 1.90. The monoisotopic (exact) mass is 277 g/mol. The fourth-order valence-electron chi connectivity index (χ4n) is 1.90. The summed E-state index contributed by atoms with van der Waals surface area (Å²) >= 11 is 0. The number of hydrogen-bond donors (Lipinski definition) is 3. The van der Waals surface area contributed by atoms with Crippen LogP contribution in [0.25, 0.3) is 0 Å². The minimum absolute atomic E-state index is 0.140. The van der Waals surface area contributed by atoms with Crippen molar-refractivity contribution in [1.29, 1.82) is 0 Å². The van der Waals surface area contributed by atoms with Crippen molar-refractivity contribution in [1.82, 2.24) is 10.6 Å². The van der Waals surface area contributed by atoms with Crippen LogP contribution < -0.4 is 16.0 Å². The summed E-state index contributed by atoms with van der Waals surface area (Å²) in [5.74, 6) is 0.501. The molecule has 0 saturated heterocycles. The molecule has 0 aliphatic carbocycles. The van der Waals surface area contributed by atoms with Gasteiger partial charge in [0.2, 0.25) is 0 Å². The van der Waals surface area contributed by atoms with E-state index in [9.17, 15) is 4.79 Å². The summed E-state index contributed by atoms with van der Waals surface area (Å²) in [6.07, 6.45) is 1.07. The first-order valence-corrected chi connectivity index (χ1v) is 7.45. The highest BCUT2D eigenvalue weighted by Crippen LogP contribution is 2.17. The first-order valence-electron chi connectivity index (χ1n) is 7.45. The average Bonchev–Trinajstić information content (AvgIpc) is 2.45. The zero-order valence-corrected chi connectivity index (χ0v) is 13.0. The number of amides is 2. The number of nitrogens with one attached hydrogen (secondary N) is 3. The van der Waals surface area contributed by atoms with Gasteiger partial charge in [-0.25, -0.2) is 4.79 Å². The van der Waals surface area contributed by atoms with Crippen LogP contribution in [0.5, 0.6) is 0 Å². The molecule has 3 N–H and O–H groups in total. The zero-order valence-electron chi connectivity index (χ0n) is 13.0. The van der Waals surface area contributed by atoms with Crippen molar-refractivity contribution in [3.05, 3.63) is 29.8 Å². The van der Waals surface area contributed by atoms with Crippen molar-refractivity contribution < 1.29 is 4.79 Å². The Kier molecular flexibility index (Phi) is 7.09. The Hall–Kier alpha value is -1.55. The first-order chi connectivity index (χ1) is 9.56. The molecule has 0 bridgehead atoms. The Morgan fingerprint density at radius 1 is 1.25 bits per heavy atom. The predicted molar refractivity (Wildman–Crippen MR) is 85.0 cm³/mol. The van der Waals surface area contributed by atoms with Crippen molar-refractivity contribution in [2.24, 2.45) is 5.92 Å². The molecule has 1 aromatic rings. The molecule has 112 valence electrons. The van der Waals surface area contributed by atoms with Gasteiger partial charge in [-0.1, -0.05) is 39.3 Å². The summed E-state index contributed by atoms with van der Waals surface area (Å²) in [6, 6.07) is 8.09. The molecule has 4 nitrogen and oxygen atoms in total. The van der Waals surface area contributed by atoms with E-state index in [1.165, 1.54) is 5.56 Å². The van der Waals surface area contributed by atoms with Crippen LogP contribution in [0.1, 0.15) is 45.7 Å². The van der Waals surface area contributed by atoms with E-state index in [2.05, 4.69) is 49.7 Å². The van der Waals surface area contributed by atoms with Gasteiger partial charge in [-0.05, 0) is 37.1 Å². The van der Waals surface area contributed by atoms with Gasteiger partial charge >= 0.3 is 6.03 Å². The molecule has 0 fully saturated rings. The Bertz CT molecular complexity index is 420. The van der Waals surface area contributed by atoms with Crippen molar-refractivity contribution in [2.75, 3.05) is 18.4 Å². The first kappa shape index (κ1) is 16.5. The molecule has 20 heavy (non-hydrogen) atoms. The highest BCUT2D eigenvalue weighted by Gasteiger charge is 2.07. The SMILES string of the molecule is CCNC(C)c1cccc(NC(=O)NCC(C)CC)c1. The molecule has 1 aromatic carbocycles. The molecular weight excluding hydrogens is 250 g/mol. The normalized spacial score (nSPS) is 13.6. The van der Waals surface area contributed by atoms with Crippen LogP contribution >= 0.6 is 0 Å². The van der Waals surface area contributed by atoms with Crippen molar-refractivity contribution in [2.45, 2.75) is 40.2 Å². The Balaban J connectivity index is 2.55. The lowest BCUT2D eigenvalue weighted by Crippen LogP contribution is -2.32. The van der Waals surface area contributed by atoms with E-state index in [1.54, 1.807) is 0 Å².